The first-order valence-electron chi connectivity index (χ1n) is 7.50. The smallest absolute Gasteiger partial charge is 0.225 e. The number of hydrogen-bond donors (Lipinski definition) is 0. The van der Waals surface area contributed by atoms with Crippen LogP contribution in [0.2, 0.25) is 0 Å². The summed E-state index contributed by atoms with van der Waals surface area (Å²) in [4.78, 5) is 15.2. The highest BCUT2D eigenvalue weighted by Gasteiger charge is 2.27. The van der Waals surface area contributed by atoms with Crippen LogP contribution in [0.4, 0.5) is 5.95 Å². The van der Waals surface area contributed by atoms with E-state index < -0.39 is 0 Å². The minimum absolute atomic E-state index is 0.277. The van der Waals surface area contributed by atoms with Crippen LogP contribution in [0.15, 0.2) is 31.0 Å². The fourth-order valence-corrected chi connectivity index (χ4v) is 2.78. The van der Waals surface area contributed by atoms with E-state index in [0.29, 0.717) is 0 Å². The molecule has 0 spiro atoms. The van der Waals surface area contributed by atoms with Gasteiger partial charge in [-0.25, -0.2) is 15.0 Å². The van der Waals surface area contributed by atoms with Crippen LogP contribution in [0.3, 0.4) is 0 Å². The lowest BCUT2D eigenvalue weighted by molar-refractivity contribution is 0.0919. The highest BCUT2D eigenvalue weighted by molar-refractivity contribution is 5.32. The summed E-state index contributed by atoms with van der Waals surface area (Å²) in [5, 5.41) is 0. The van der Waals surface area contributed by atoms with Gasteiger partial charge < -0.3 is 14.2 Å². The van der Waals surface area contributed by atoms with Crippen molar-refractivity contribution in [2.24, 2.45) is 5.92 Å². The zero-order valence-electron chi connectivity index (χ0n) is 11.9. The van der Waals surface area contributed by atoms with Gasteiger partial charge in [0.05, 0.1) is 31.2 Å². The topological polar surface area (TPSA) is 56.1 Å². The van der Waals surface area contributed by atoms with Crippen molar-refractivity contribution in [2.45, 2.75) is 25.4 Å². The lowest BCUT2D eigenvalue weighted by Gasteiger charge is -2.34. The van der Waals surface area contributed by atoms with Crippen molar-refractivity contribution in [3.05, 3.63) is 36.7 Å². The standard InChI is InChI=1S/C15H19N5O/c1-4-17-15(18-5-1)19-7-13-6-16-11-20(13)14(8-19)10-21-9-12-2-3-12/h1,4-6,11-12,14H,2-3,7-10H2/t14-/m1/s1. The molecule has 0 radical (unpaired) electrons. The van der Waals surface area contributed by atoms with Crippen molar-refractivity contribution in [1.29, 1.82) is 0 Å². The molecule has 1 atom stereocenters. The minimum atomic E-state index is 0.277. The van der Waals surface area contributed by atoms with Crippen LogP contribution in [0.1, 0.15) is 24.6 Å². The maximum Gasteiger partial charge on any atom is 0.225 e. The summed E-state index contributed by atoms with van der Waals surface area (Å²) in [5.74, 6) is 1.57. The lowest BCUT2D eigenvalue weighted by atomic mass is 10.2. The Morgan fingerprint density at radius 3 is 2.86 bits per heavy atom. The lowest BCUT2D eigenvalue weighted by Crippen LogP contribution is -2.39. The number of ether oxygens (including phenoxy) is 1. The van der Waals surface area contributed by atoms with Crippen molar-refractivity contribution in [3.8, 4) is 0 Å². The molecule has 2 aromatic heterocycles. The van der Waals surface area contributed by atoms with Gasteiger partial charge in [-0.3, -0.25) is 0 Å². The third-order valence-electron chi connectivity index (χ3n) is 4.12. The molecule has 0 aromatic carbocycles. The maximum atomic E-state index is 5.89. The minimum Gasteiger partial charge on any atom is -0.379 e. The molecule has 0 saturated heterocycles. The summed E-state index contributed by atoms with van der Waals surface area (Å²) in [6, 6.07) is 2.12. The molecule has 4 rings (SSSR count). The van der Waals surface area contributed by atoms with Gasteiger partial charge in [-0.2, -0.15) is 0 Å². The van der Waals surface area contributed by atoms with E-state index in [1.165, 1.54) is 18.5 Å². The maximum absolute atomic E-state index is 5.89. The Bertz CT molecular complexity index is 595. The largest absolute Gasteiger partial charge is 0.379 e. The number of nitrogens with zero attached hydrogens (tertiary/aromatic N) is 5. The van der Waals surface area contributed by atoms with E-state index in [1.807, 2.05) is 18.6 Å². The monoisotopic (exact) mass is 285 g/mol. The number of imidazole rings is 1. The summed E-state index contributed by atoms with van der Waals surface area (Å²) in [6.07, 6.45) is 10.0. The predicted octanol–water partition coefficient (Wildman–Crippen LogP) is 1.66. The molecule has 1 aliphatic heterocycles. The first-order chi connectivity index (χ1) is 10.4. The summed E-state index contributed by atoms with van der Waals surface area (Å²) < 4.78 is 8.12. The molecule has 21 heavy (non-hydrogen) atoms. The van der Waals surface area contributed by atoms with Gasteiger partial charge in [0.1, 0.15) is 0 Å². The van der Waals surface area contributed by atoms with Gasteiger partial charge in [0, 0.05) is 31.7 Å². The van der Waals surface area contributed by atoms with Gasteiger partial charge in [0.25, 0.3) is 0 Å². The molecule has 0 amide bonds. The van der Waals surface area contributed by atoms with Crippen LogP contribution < -0.4 is 4.90 Å². The summed E-state index contributed by atoms with van der Waals surface area (Å²) in [5.41, 5.74) is 1.19. The van der Waals surface area contributed by atoms with E-state index in [2.05, 4.69) is 24.4 Å². The first kappa shape index (κ1) is 12.8. The van der Waals surface area contributed by atoms with Crippen molar-refractivity contribution in [3.63, 3.8) is 0 Å². The number of rotatable bonds is 5. The van der Waals surface area contributed by atoms with Gasteiger partial charge in [0.2, 0.25) is 5.95 Å². The number of anilines is 1. The Labute approximate surface area is 123 Å². The second-order valence-corrected chi connectivity index (χ2v) is 5.86. The molecule has 0 N–H and O–H groups in total. The molecule has 1 aliphatic carbocycles. The zero-order chi connectivity index (χ0) is 14.1. The number of aromatic nitrogens is 4. The quantitative estimate of drug-likeness (QED) is 0.836. The van der Waals surface area contributed by atoms with E-state index in [9.17, 15) is 0 Å². The van der Waals surface area contributed by atoms with Gasteiger partial charge in [-0.05, 0) is 24.8 Å². The summed E-state index contributed by atoms with van der Waals surface area (Å²) >= 11 is 0. The van der Waals surface area contributed by atoms with Crippen LogP contribution in [0.5, 0.6) is 0 Å². The molecule has 2 aromatic rings. The van der Waals surface area contributed by atoms with Crippen LogP contribution in [0, 0.1) is 5.92 Å². The van der Waals surface area contributed by atoms with Crippen LogP contribution in [-0.4, -0.2) is 39.3 Å². The van der Waals surface area contributed by atoms with Gasteiger partial charge in [-0.15, -0.1) is 0 Å². The Hall–Kier alpha value is -1.95. The molecule has 0 bridgehead atoms. The SMILES string of the molecule is c1cnc(N2Cc3cncn3[C@@H](COCC3CC3)C2)nc1. The van der Waals surface area contributed by atoms with Crippen molar-refractivity contribution in [1.82, 2.24) is 19.5 Å². The van der Waals surface area contributed by atoms with Crippen molar-refractivity contribution >= 4 is 5.95 Å². The Kier molecular flexibility index (Phi) is 3.31. The second-order valence-electron chi connectivity index (χ2n) is 5.86. The number of hydrogen-bond acceptors (Lipinski definition) is 5. The van der Waals surface area contributed by atoms with Crippen LogP contribution in [-0.2, 0) is 11.3 Å². The fourth-order valence-electron chi connectivity index (χ4n) is 2.78. The Morgan fingerprint density at radius 1 is 1.19 bits per heavy atom. The van der Waals surface area contributed by atoms with Gasteiger partial charge in [0.15, 0.2) is 0 Å². The van der Waals surface area contributed by atoms with E-state index in [1.54, 1.807) is 12.4 Å². The normalized spacial score (nSPS) is 21.3. The third kappa shape index (κ3) is 2.76. The first-order valence-corrected chi connectivity index (χ1v) is 7.50. The van der Waals surface area contributed by atoms with Crippen molar-refractivity contribution in [2.75, 3.05) is 24.7 Å². The molecule has 1 saturated carbocycles. The van der Waals surface area contributed by atoms with E-state index in [4.69, 9.17) is 4.74 Å². The van der Waals surface area contributed by atoms with E-state index in [-0.39, 0.29) is 6.04 Å². The molecule has 6 heteroatoms. The average molecular weight is 285 g/mol. The Morgan fingerprint density at radius 2 is 2.05 bits per heavy atom. The highest BCUT2D eigenvalue weighted by Crippen LogP contribution is 2.30. The van der Waals surface area contributed by atoms with E-state index in [0.717, 1.165) is 38.2 Å². The molecule has 2 aliphatic rings. The second kappa shape index (κ2) is 5.44. The number of fused-ring (bicyclic) bond motifs is 1. The van der Waals surface area contributed by atoms with Gasteiger partial charge in [-0.1, -0.05) is 0 Å². The molecular weight excluding hydrogens is 266 g/mol. The average Bonchev–Trinajstić information content (AvgIpc) is 3.22. The fraction of sp³-hybridized carbons (Fsp3) is 0.533. The summed E-state index contributed by atoms with van der Waals surface area (Å²) in [6.45, 7) is 3.27. The molecule has 3 heterocycles. The molecule has 0 unspecified atom stereocenters. The third-order valence-corrected chi connectivity index (χ3v) is 4.12. The molecular formula is C15H19N5O. The zero-order valence-corrected chi connectivity index (χ0v) is 11.9. The highest BCUT2D eigenvalue weighted by atomic mass is 16.5. The van der Waals surface area contributed by atoms with E-state index >= 15 is 0 Å². The van der Waals surface area contributed by atoms with Gasteiger partial charge >= 0.3 is 0 Å². The van der Waals surface area contributed by atoms with Crippen LogP contribution >= 0.6 is 0 Å². The molecule has 1 fully saturated rings. The van der Waals surface area contributed by atoms with Crippen LogP contribution in [0.25, 0.3) is 0 Å². The molecule has 6 nitrogen and oxygen atoms in total. The predicted molar refractivity (Wildman–Crippen MR) is 77.9 cm³/mol. The van der Waals surface area contributed by atoms with Crippen molar-refractivity contribution < 1.29 is 4.74 Å². The summed E-state index contributed by atoms with van der Waals surface area (Å²) in [7, 11) is 0. The Balaban J connectivity index is 1.49. The molecule has 110 valence electrons.